The van der Waals surface area contributed by atoms with Gasteiger partial charge in [0, 0.05) is 12.6 Å². The van der Waals surface area contributed by atoms with E-state index >= 15 is 0 Å². The Bertz CT molecular complexity index is 434. The number of amides is 2. The SMILES string of the molecule is O=C(NCC(c1ccco1)N1CCCC1)NC1CCCC1. The first kappa shape index (κ1) is 14.4. The van der Waals surface area contributed by atoms with E-state index in [4.69, 9.17) is 4.42 Å². The number of carbonyl (C=O) groups excluding carboxylic acids is 1. The summed E-state index contributed by atoms with van der Waals surface area (Å²) in [4.78, 5) is 14.4. The van der Waals surface area contributed by atoms with Crippen molar-refractivity contribution < 1.29 is 9.21 Å². The summed E-state index contributed by atoms with van der Waals surface area (Å²) in [5, 5.41) is 6.09. The molecule has 1 aliphatic carbocycles. The Hall–Kier alpha value is -1.49. The summed E-state index contributed by atoms with van der Waals surface area (Å²) in [6, 6.07) is 4.38. The summed E-state index contributed by atoms with van der Waals surface area (Å²) < 4.78 is 5.56. The van der Waals surface area contributed by atoms with Crippen molar-refractivity contribution in [3.8, 4) is 0 Å². The number of hydrogen-bond donors (Lipinski definition) is 2. The third-order valence-corrected chi connectivity index (χ3v) is 4.60. The van der Waals surface area contributed by atoms with Crippen LogP contribution in [0.25, 0.3) is 0 Å². The zero-order valence-corrected chi connectivity index (χ0v) is 12.5. The van der Waals surface area contributed by atoms with Gasteiger partial charge in [-0.1, -0.05) is 12.8 Å². The van der Waals surface area contributed by atoms with Gasteiger partial charge in [-0.3, -0.25) is 4.90 Å². The molecule has 0 radical (unpaired) electrons. The summed E-state index contributed by atoms with van der Waals surface area (Å²) in [6.07, 6.45) is 8.85. The zero-order valence-electron chi connectivity index (χ0n) is 12.5. The molecule has 2 amide bonds. The van der Waals surface area contributed by atoms with Gasteiger partial charge in [0.2, 0.25) is 0 Å². The van der Waals surface area contributed by atoms with Gasteiger partial charge >= 0.3 is 6.03 Å². The number of rotatable bonds is 5. The molecule has 1 aromatic heterocycles. The Morgan fingerprint density at radius 2 is 2.05 bits per heavy atom. The van der Waals surface area contributed by atoms with Gasteiger partial charge in [-0.15, -0.1) is 0 Å². The molecule has 1 aliphatic heterocycles. The monoisotopic (exact) mass is 291 g/mol. The first-order valence-corrected chi connectivity index (χ1v) is 8.15. The largest absolute Gasteiger partial charge is 0.468 e. The lowest BCUT2D eigenvalue weighted by Crippen LogP contribution is -2.44. The van der Waals surface area contributed by atoms with Crippen LogP contribution in [-0.2, 0) is 0 Å². The predicted octanol–water partition coefficient (Wildman–Crippen LogP) is 2.66. The van der Waals surface area contributed by atoms with Gasteiger partial charge in [-0.2, -0.15) is 0 Å². The minimum Gasteiger partial charge on any atom is -0.468 e. The Balaban J connectivity index is 1.53. The number of furan rings is 1. The van der Waals surface area contributed by atoms with Gasteiger partial charge < -0.3 is 15.1 Å². The molecular formula is C16H25N3O2. The molecule has 5 heteroatoms. The van der Waals surface area contributed by atoms with E-state index < -0.39 is 0 Å². The van der Waals surface area contributed by atoms with Gasteiger partial charge in [0.05, 0.1) is 12.3 Å². The second-order valence-electron chi connectivity index (χ2n) is 6.11. The van der Waals surface area contributed by atoms with E-state index in [0.717, 1.165) is 31.7 Å². The van der Waals surface area contributed by atoms with Crippen LogP contribution in [0.4, 0.5) is 4.79 Å². The third-order valence-electron chi connectivity index (χ3n) is 4.60. The second kappa shape index (κ2) is 6.98. The van der Waals surface area contributed by atoms with Crippen LogP contribution in [0, 0.1) is 0 Å². The van der Waals surface area contributed by atoms with Crippen molar-refractivity contribution in [3.05, 3.63) is 24.2 Å². The summed E-state index contributed by atoms with van der Waals surface area (Å²) in [6.45, 7) is 2.76. The van der Waals surface area contributed by atoms with Crippen molar-refractivity contribution in [1.82, 2.24) is 15.5 Å². The van der Waals surface area contributed by atoms with Gasteiger partial charge in [-0.05, 0) is 50.9 Å². The molecule has 21 heavy (non-hydrogen) atoms. The number of urea groups is 1. The quantitative estimate of drug-likeness (QED) is 0.877. The highest BCUT2D eigenvalue weighted by molar-refractivity contribution is 5.74. The number of nitrogens with zero attached hydrogens (tertiary/aromatic N) is 1. The minimum absolute atomic E-state index is 0.0438. The van der Waals surface area contributed by atoms with E-state index in [9.17, 15) is 4.79 Å². The summed E-state index contributed by atoms with van der Waals surface area (Å²) >= 11 is 0. The standard InChI is InChI=1S/C16H25N3O2/c20-16(18-13-6-1-2-7-13)17-12-14(15-8-5-11-21-15)19-9-3-4-10-19/h5,8,11,13-14H,1-4,6-7,9-10,12H2,(H2,17,18,20). The first-order valence-electron chi connectivity index (χ1n) is 8.15. The number of nitrogens with one attached hydrogen (secondary N) is 2. The fourth-order valence-electron chi connectivity index (χ4n) is 3.44. The maximum absolute atomic E-state index is 12.0. The predicted molar refractivity (Wildman–Crippen MR) is 81.0 cm³/mol. The highest BCUT2D eigenvalue weighted by Gasteiger charge is 2.26. The normalized spacial score (nSPS) is 21.5. The zero-order chi connectivity index (χ0) is 14.5. The van der Waals surface area contributed by atoms with Crippen LogP contribution in [0.2, 0.25) is 0 Å². The van der Waals surface area contributed by atoms with Crippen LogP contribution in [0.15, 0.2) is 22.8 Å². The van der Waals surface area contributed by atoms with E-state index in [0.29, 0.717) is 12.6 Å². The van der Waals surface area contributed by atoms with Crippen molar-refractivity contribution in [2.45, 2.75) is 50.6 Å². The highest BCUT2D eigenvalue weighted by Crippen LogP contribution is 2.25. The van der Waals surface area contributed by atoms with Crippen LogP contribution >= 0.6 is 0 Å². The Kier molecular flexibility index (Phi) is 4.80. The molecule has 1 atom stereocenters. The lowest BCUT2D eigenvalue weighted by atomic mass is 10.2. The maximum atomic E-state index is 12.0. The van der Waals surface area contributed by atoms with Gasteiger partial charge in [0.1, 0.15) is 5.76 Å². The van der Waals surface area contributed by atoms with Crippen molar-refractivity contribution in [3.63, 3.8) is 0 Å². The molecule has 0 spiro atoms. The molecule has 5 nitrogen and oxygen atoms in total. The molecule has 116 valence electrons. The Morgan fingerprint density at radius 3 is 2.71 bits per heavy atom. The van der Waals surface area contributed by atoms with E-state index in [1.165, 1.54) is 25.7 Å². The van der Waals surface area contributed by atoms with Crippen molar-refractivity contribution in [2.75, 3.05) is 19.6 Å². The molecule has 1 unspecified atom stereocenters. The molecule has 1 aromatic rings. The fraction of sp³-hybridized carbons (Fsp3) is 0.688. The molecule has 2 aliphatic rings. The second-order valence-corrected chi connectivity index (χ2v) is 6.11. The molecule has 2 fully saturated rings. The van der Waals surface area contributed by atoms with E-state index in [2.05, 4.69) is 15.5 Å². The average Bonchev–Trinajstić information content (AvgIpc) is 3.23. The topological polar surface area (TPSA) is 57.5 Å². The number of carbonyl (C=O) groups is 1. The summed E-state index contributed by atoms with van der Waals surface area (Å²) in [5.74, 6) is 0.943. The molecule has 0 aromatic carbocycles. The third kappa shape index (κ3) is 3.79. The molecular weight excluding hydrogens is 266 g/mol. The minimum atomic E-state index is -0.0438. The lowest BCUT2D eigenvalue weighted by Gasteiger charge is -2.26. The van der Waals surface area contributed by atoms with Crippen molar-refractivity contribution in [2.24, 2.45) is 0 Å². The van der Waals surface area contributed by atoms with Crippen LogP contribution in [0.5, 0.6) is 0 Å². The van der Waals surface area contributed by atoms with Crippen LogP contribution in [0.1, 0.15) is 50.3 Å². The lowest BCUT2D eigenvalue weighted by molar-refractivity contribution is 0.202. The Morgan fingerprint density at radius 1 is 1.29 bits per heavy atom. The molecule has 2 N–H and O–H groups in total. The van der Waals surface area contributed by atoms with E-state index in [1.807, 2.05) is 12.1 Å². The molecule has 3 rings (SSSR count). The highest BCUT2D eigenvalue weighted by atomic mass is 16.3. The van der Waals surface area contributed by atoms with Gasteiger partial charge in [-0.25, -0.2) is 4.79 Å². The number of hydrogen-bond acceptors (Lipinski definition) is 3. The van der Waals surface area contributed by atoms with Crippen molar-refractivity contribution >= 4 is 6.03 Å². The maximum Gasteiger partial charge on any atom is 0.315 e. The van der Waals surface area contributed by atoms with E-state index in [1.54, 1.807) is 6.26 Å². The average molecular weight is 291 g/mol. The number of likely N-dealkylation sites (tertiary alicyclic amines) is 1. The van der Waals surface area contributed by atoms with E-state index in [-0.39, 0.29) is 12.1 Å². The first-order chi connectivity index (χ1) is 10.3. The van der Waals surface area contributed by atoms with Crippen LogP contribution < -0.4 is 10.6 Å². The van der Waals surface area contributed by atoms with Crippen molar-refractivity contribution in [1.29, 1.82) is 0 Å². The van der Waals surface area contributed by atoms with Gasteiger partial charge in [0.25, 0.3) is 0 Å². The summed E-state index contributed by atoms with van der Waals surface area (Å²) in [5.41, 5.74) is 0. The van der Waals surface area contributed by atoms with Crippen LogP contribution in [-0.4, -0.2) is 36.6 Å². The molecule has 2 heterocycles. The molecule has 1 saturated heterocycles. The fourth-order valence-corrected chi connectivity index (χ4v) is 3.44. The Labute approximate surface area is 126 Å². The molecule has 1 saturated carbocycles. The summed E-state index contributed by atoms with van der Waals surface area (Å²) in [7, 11) is 0. The molecule has 0 bridgehead atoms. The van der Waals surface area contributed by atoms with Gasteiger partial charge in [0.15, 0.2) is 0 Å². The van der Waals surface area contributed by atoms with Crippen LogP contribution in [0.3, 0.4) is 0 Å². The smallest absolute Gasteiger partial charge is 0.315 e.